The van der Waals surface area contributed by atoms with Crippen LogP contribution in [0.2, 0.25) is 0 Å². The predicted molar refractivity (Wildman–Crippen MR) is 101 cm³/mol. The summed E-state index contributed by atoms with van der Waals surface area (Å²) in [7, 11) is 0. The molecule has 3 aromatic rings. The number of aromatic amines is 1. The molecule has 26 heavy (non-hydrogen) atoms. The van der Waals surface area contributed by atoms with Crippen molar-refractivity contribution in [1.29, 1.82) is 5.26 Å². The molecule has 0 unspecified atom stereocenters. The Bertz CT molecular complexity index is 958. The molecule has 1 fully saturated rings. The lowest BCUT2D eigenvalue weighted by Crippen LogP contribution is -2.45. The van der Waals surface area contributed by atoms with Gasteiger partial charge in [-0.2, -0.15) is 5.26 Å². The number of rotatable bonds is 4. The maximum atomic E-state index is 12.1. The van der Waals surface area contributed by atoms with E-state index in [0.717, 1.165) is 46.5 Å². The number of amides is 1. The summed E-state index contributed by atoms with van der Waals surface area (Å²) in [6.07, 6.45) is 7.42. The highest BCUT2D eigenvalue weighted by Crippen LogP contribution is 2.36. The Labute approximate surface area is 154 Å². The lowest BCUT2D eigenvalue weighted by atomic mass is 10.0. The van der Waals surface area contributed by atoms with Gasteiger partial charge in [-0.3, -0.25) is 9.78 Å². The van der Waals surface area contributed by atoms with Gasteiger partial charge in [-0.25, -0.2) is 4.98 Å². The van der Waals surface area contributed by atoms with Crippen molar-refractivity contribution in [3.05, 3.63) is 30.2 Å². The molecule has 4 heterocycles. The summed E-state index contributed by atoms with van der Waals surface area (Å²) in [6, 6.07) is 4.10. The largest absolute Gasteiger partial charge is 0.379 e. The van der Waals surface area contributed by atoms with E-state index >= 15 is 0 Å². The zero-order valence-electron chi connectivity index (χ0n) is 14.1. The van der Waals surface area contributed by atoms with E-state index in [1.165, 1.54) is 0 Å². The average molecular weight is 366 g/mol. The summed E-state index contributed by atoms with van der Waals surface area (Å²) in [4.78, 5) is 26.7. The first kappa shape index (κ1) is 16.5. The molecule has 1 amide bonds. The first-order valence-electron chi connectivity index (χ1n) is 8.52. The highest BCUT2D eigenvalue weighted by molar-refractivity contribution is 7.13. The van der Waals surface area contributed by atoms with E-state index in [0.29, 0.717) is 6.54 Å². The first-order chi connectivity index (χ1) is 12.8. The molecule has 0 aromatic carbocycles. The topological polar surface area (TPSA) is 97.7 Å². The van der Waals surface area contributed by atoms with E-state index in [1.807, 2.05) is 36.2 Å². The number of pyridine rings is 1. The highest BCUT2D eigenvalue weighted by atomic mass is 32.1. The van der Waals surface area contributed by atoms with E-state index in [9.17, 15) is 4.79 Å². The number of H-pyrrole nitrogens is 1. The van der Waals surface area contributed by atoms with Crippen LogP contribution in [0.4, 0.5) is 5.69 Å². The van der Waals surface area contributed by atoms with Gasteiger partial charge in [0.15, 0.2) is 0 Å². The summed E-state index contributed by atoms with van der Waals surface area (Å²) in [6.45, 7) is 1.33. The molecule has 3 aromatic heterocycles. The van der Waals surface area contributed by atoms with Crippen LogP contribution in [0.1, 0.15) is 19.3 Å². The van der Waals surface area contributed by atoms with Crippen molar-refractivity contribution >= 4 is 34.0 Å². The molecule has 8 heteroatoms. The zero-order chi connectivity index (χ0) is 17.9. The van der Waals surface area contributed by atoms with Gasteiger partial charge in [0.05, 0.1) is 22.1 Å². The number of aromatic nitrogens is 3. The van der Waals surface area contributed by atoms with Crippen molar-refractivity contribution < 1.29 is 4.79 Å². The van der Waals surface area contributed by atoms with Crippen LogP contribution in [0.15, 0.2) is 30.2 Å². The fraction of sp³-hybridized carbons (Fsp3) is 0.333. The Hall–Kier alpha value is -2.92. The van der Waals surface area contributed by atoms with Crippen LogP contribution < -0.4 is 5.32 Å². The number of hydrogen-bond acceptors (Lipinski definition) is 6. The number of fused-ring (bicyclic) bond motifs is 1. The van der Waals surface area contributed by atoms with Crippen LogP contribution in [-0.4, -0.2) is 44.9 Å². The van der Waals surface area contributed by atoms with E-state index < -0.39 is 0 Å². The Morgan fingerprint density at radius 3 is 3.23 bits per heavy atom. The minimum atomic E-state index is -0.0943. The van der Waals surface area contributed by atoms with Gasteiger partial charge >= 0.3 is 0 Å². The van der Waals surface area contributed by atoms with E-state index in [2.05, 4.69) is 20.3 Å². The normalized spacial score (nSPS) is 17.2. The van der Waals surface area contributed by atoms with Crippen LogP contribution in [-0.2, 0) is 4.79 Å². The number of likely N-dealkylation sites (tertiary alicyclic amines) is 1. The number of thiazole rings is 1. The first-order valence-corrected chi connectivity index (χ1v) is 9.40. The van der Waals surface area contributed by atoms with Gasteiger partial charge in [-0.1, -0.05) is 0 Å². The molecule has 0 saturated carbocycles. The van der Waals surface area contributed by atoms with Crippen LogP contribution >= 0.6 is 11.3 Å². The van der Waals surface area contributed by atoms with Gasteiger partial charge in [0.25, 0.3) is 0 Å². The third-order valence-electron chi connectivity index (χ3n) is 4.64. The number of nitriles is 1. The van der Waals surface area contributed by atoms with Crippen molar-refractivity contribution in [3.8, 4) is 16.5 Å². The summed E-state index contributed by atoms with van der Waals surface area (Å²) in [5.41, 5.74) is 4.66. The SMILES string of the molecule is N#CCC(=O)N1CCC[C@@H](Nc2c(-c3cncs3)cnc3[nH]ccc23)C1. The number of carbonyl (C=O) groups is 1. The van der Waals surface area contributed by atoms with Crippen LogP contribution in [0.25, 0.3) is 21.5 Å². The number of nitrogens with one attached hydrogen (secondary N) is 2. The molecule has 7 nitrogen and oxygen atoms in total. The molecule has 1 atom stereocenters. The second-order valence-corrected chi connectivity index (χ2v) is 7.20. The highest BCUT2D eigenvalue weighted by Gasteiger charge is 2.25. The third-order valence-corrected chi connectivity index (χ3v) is 5.44. The molecule has 1 aliphatic heterocycles. The molecular weight excluding hydrogens is 348 g/mol. The molecule has 2 N–H and O–H groups in total. The van der Waals surface area contributed by atoms with Crippen molar-refractivity contribution in [2.75, 3.05) is 18.4 Å². The summed E-state index contributed by atoms with van der Waals surface area (Å²) < 4.78 is 0. The van der Waals surface area contributed by atoms with E-state index in [-0.39, 0.29) is 18.4 Å². The van der Waals surface area contributed by atoms with Crippen LogP contribution in [0, 0.1) is 11.3 Å². The van der Waals surface area contributed by atoms with Crippen LogP contribution in [0.5, 0.6) is 0 Å². The molecule has 0 bridgehead atoms. The third kappa shape index (κ3) is 3.13. The van der Waals surface area contributed by atoms with Crippen LogP contribution in [0.3, 0.4) is 0 Å². The van der Waals surface area contributed by atoms with E-state index in [4.69, 9.17) is 5.26 Å². The number of hydrogen-bond donors (Lipinski definition) is 2. The van der Waals surface area contributed by atoms with Gasteiger partial charge in [-0.05, 0) is 18.9 Å². The van der Waals surface area contributed by atoms with Gasteiger partial charge in [0, 0.05) is 48.7 Å². The number of anilines is 1. The standard InChI is InChI=1S/C18H18N6OS/c19-5-3-16(25)24-7-1-2-12(10-24)23-17-13-4-6-21-18(13)22-8-14(17)15-9-20-11-26-15/h4,6,8-9,11-12H,1-3,7,10H2,(H2,21,22,23)/t12-/m1/s1. The predicted octanol–water partition coefficient (Wildman–Crippen LogP) is 3.00. The van der Waals surface area contributed by atoms with Gasteiger partial charge in [0.2, 0.25) is 5.91 Å². The molecule has 1 aliphatic rings. The minimum absolute atomic E-state index is 0.0594. The second-order valence-electron chi connectivity index (χ2n) is 6.31. The Morgan fingerprint density at radius 2 is 2.42 bits per heavy atom. The molecule has 4 rings (SSSR count). The Kier molecular flexibility index (Phi) is 4.54. The smallest absolute Gasteiger partial charge is 0.236 e. The molecule has 0 aliphatic carbocycles. The van der Waals surface area contributed by atoms with Crippen molar-refractivity contribution in [2.24, 2.45) is 0 Å². The molecule has 0 radical (unpaired) electrons. The minimum Gasteiger partial charge on any atom is -0.379 e. The Morgan fingerprint density at radius 1 is 1.50 bits per heavy atom. The summed E-state index contributed by atoms with van der Waals surface area (Å²) in [5.74, 6) is -0.0943. The van der Waals surface area contributed by atoms with Crippen molar-refractivity contribution in [1.82, 2.24) is 19.9 Å². The second kappa shape index (κ2) is 7.14. The number of nitrogens with zero attached hydrogens (tertiary/aromatic N) is 4. The van der Waals surface area contributed by atoms with Gasteiger partial charge < -0.3 is 15.2 Å². The van der Waals surface area contributed by atoms with Gasteiger partial charge in [-0.15, -0.1) is 11.3 Å². The molecule has 0 spiro atoms. The zero-order valence-corrected chi connectivity index (χ0v) is 14.9. The lowest BCUT2D eigenvalue weighted by molar-refractivity contribution is -0.131. The molecule has 132 valence electrons. The maximum absolute atomic E-state index is 12.1. The quantitative estimate of drug-likeness (QED) is 0.740. The fourth-order valence-electron chi connectivity index (χ4n) is 3.40. The molecule has 1 saturated heterocycles. The van der Waals surface area contributed by atoms with Crippen molar-refractivity contribution in [3.63, 3.8) is 0 Å². The summed E-state index contributed by atoms with van der Waals surface area (Å²) >= 11 is 1.57. The average Bonchev–Trinajstić information content (AvgIpc) is 3.34. The van der Waals surface area contributed by atoms with E-state index in [1.54, 1.807) is 16.2 Å². The number of piperidine rings is 1. The monoisotopic (exact) mass is 366 g/mol. The fourth-order valence-corrected chi connectivity index (χ4v) is 4.04. The summed E-state index contributed by atoms with van der Waals surface area (Å²) in [5, 5.41) is 13.4. The maximum Gasteiger partial charge on any atom is 0.236 e. The molecular formula is C18H18N6OS. The Balaban J connectivity index is 1.64. The lowest BCUT2D eigenvalue weighted by Gasteiger charge is -2.33. The van der Waals surface area contributed by atoms with Crippen molar-refractivity contribution in [2.45, 2.75) is 25.3 Å². The van der Waals surface area contributed by atoms with Gasteiger partial charge in [0.1, 0.15) is 12.1 Å². The number of carbonyl (C=O) groups excluding carboxylic acids is 1.